The van der Waals surface area contributed by atoms with E-state index in [0.29, 0.717) is 21.5 Å². The van der Waals surface area contributed by atoms with Gasteiger partial charge < -0.3 is 9.97 Å². The molecule has 0 atom stereocenters. The second-order valence-electron chi connectivity index (χ2n) is 3.46. The molecular weight excluding hydrogens is 295 g/mol. The molecule has 7 heteroatoms. The number of hydrogen-bond acceptors (Lipinski definition) is 3. The van der Waals surface area contributed by atoms with Crippen LogP contribution in [-0.4, -0.2) is 9.97 Å². The van der Waals surface area contributed by atoms with E-state index in [9.17, 15) is 9.59 Å². The highest BCUT2D eigenvalue weighted by atomic mass is 35.5. The number of nitrogens with one attached hydrogen (secondary N) is 2. The first-order valence-corrected chi connectivity index (χ1v) is 6.69. The highest BCUT2D eigenvalue weighted by Crippen LogP contribution is 2.31. The van der Waals surface area contributed by atoms with Crippen LogP contribution in [0.3, 0.4) is 0 Å². The molecule has 2 N–H and O–H groups in total. The lowest BCUT2D eigenvalue weighted by Crippen LogP contribution is -2.29. The Morgan fingerprint density at radius 3 is 2.61 bits per heavy atom. The van der Waals surface area contributed by atoms with Crippen molar-refractivity contribution in [3.8, 4) is 0 Å². The Labute approximate surface area is 116 Å². The van der Waals surface area contributed by atoms with E-state index in [2.05, 4.69) is 9.97 Å². The van der Waals surface area contributed by atoms with Crippen LogP contribution < -0.4 is 11.1 Å². The van der Waals surface area contributed by atoms with Crippen LogP contribution in [0.15, 0.2) is 38.9 Å². The summed E-state index contributed by atoms with van der Waals surface area (Å²) < 4.78 is 0. The summed E-state index contributed by atoms with van der Waals surface area (Å²) in [6, 6.07) is 5.20. The Morgan fingerprint density at radius 2 is 1.94 bits per heavy atom. The van der Waals surface area contributed by atoms with Gasteiger partial charge in [-0.1, -0.05) is 23.2 Å². The van der Waals surface area contributed by atoms with E-state index < -0.39 is 11.1 Å². The predicted octanol–water partition coefficient (Wildman–Crippen LogP) is 2.66. The molecule has 4 nitrogen and oxygen atoms in total. The number of aromatic amines is 2. The predicted molar refractivity (Wildman–Crippen MR) is 73.7 cm³/mol. The molecule has 0 aliphatic heterocycles. The quantitative estimate of drug-likeness (QED) is 0.677. The molecule has 0 aliphatic rings. The fourth-order valence-electron chi connectivity index (χ4n) is 1.28. The van der Waals surface area contributed by atoms with Crippen molar-refractivity contribution in [3.05, 3.63) is 60.8 Å². The second-order valence-corrected chi connectivity index (χ2v) is 5.32. The van der Waals surface area contributed by atoms with Gasteiger partial charge in [-0.25, -0.2) is 0 Å². The normalized spacial score (nSPS) is 10.6. The van der Waals surface area contributed by atoms with Gasteiger partial charge in [0, 0.05) is 27.6 Å². The summed E-state index contributed by atoms with van der Waals surface area (Å²) in [5.41, 5.74) is -0.695. The standard InChI is InChI=1S/C11H8Cl2N2O2S/c12-6-1-2-9(8(13)3-6)18-5-7-4-14-10(16)11(17)15-7/h1-4H,5H2,(H,14,16)(H,15,17). The minimum absolute atomic E-state index is 0.493. The van der Waals surface area contributed by atoms with Crippen LogP contribution in [0, 0.1) is 0 Å². The minimum Gasteiger partial charge on any atom is -0.323 e. The van der Waals surface area contributed by atoms with E-state index >= 15 is 0 Å². The molecule has 0 unspecified atom stereocenters. The zero-order valence-corrected chi connectivity index (χ0v) is 11.3. The van der Waals surface area contributed by atoms with Crippen molar-refractivity contribution in [2.75, 3.05) is 0 Å². The van der Waals surface area contributed by atoms with Gasteiger partial charge in [0.05, 0.1) is 5.02 Å². The molecule has 0 bridgehead atoms. The lowest BCUT2D eigenvalue weighted by molar-refractivity contribution is 1.01. The number of thioether (sulfide) groups is 1. The van der Waals surface area contributed by atoms with E-state index in [-0.39, 0.29) is 0 Å². The molecule has 0 spiro atoms. The lowest BCUT2D eigenvalue weighted by Gasteiger charge is -2.04. The van der Waals surface area contributed by atoms with Crippen molar-refractivity contribution in [2.24, 2.45) is 0 Å². The molecule has 0 fully saturated rings. The summed E-state index contributed by atoms with van der Waals surface area (Å²) in [5.74, 6) is 0.493. The number of H-pyrrole nitrogens is 2. The fourth-order valence-corrected chi connectivity index (χ4v) is 2.68. The highest BCUT2D eigenvalue weighted by Gasteiger charge is 2.04. The number of halogens is 2. The van der Waals surface area contributed by atoms with Crippen LogP contribution >= 0.6 is 35.0 Å². The number of rotatable bonds is 3. The van der Waals surface area contributed by atoms with Gasteiger partial charge in [-0.2, -0.15) is 0 Å². The zero-order chi connectivity index (χ0) is 13.1. The molecule has 0 aliphatic carbocycles. The first-order chi connectivity index (χ1) is 8.56. The maximum absolute atomic E-state index is 11.1. The van der Waals surface area contributed by atoms with Gasteiger partial charge >= 0.3 is 11.1 Å². The van der Waals surface area contributed by atoms with Gasteiger partial charge in [0.15, 0.2) is 0 Å². The van der Waals surface area contributed by atoms with Crippen molar-refractivity contribution < 1.29 is 0 Å². The molecule has 0 amide bonds. The van der Waals surface area contributed by atoms with E-state index in [1.807, 2.05) is 0 Å². The molecule has 1 aromatic heterocycles. The van der Waals surface area contributed by atoms with Crippen LogP contribution in [0.1, 0.15) is 5.69 Å². The van der Waals surface area contributed by atoms with Gasteiger partial charge in [0.25, 0.3) is 0 Å². The van der Waals surface area contributed by atoms with E-state index in [1.54, 1.807) is 18.2 Å². The fraction of sp³-hybridized carbons (Fsp3) is 0.0909. The van der Waals surface area contributed by atoms with Crippen molar-refractivity contribution in [1.82, 2.24) is 9.97 Å². The number of hydrogen-bond donors (Lipinski definition) is 2. The molecule has 1 heterocycles. The SMILES string of the molecule is O=c1[nH]cc(CSc2ccc(Cl)cc2Cl)[nH]c1=O. The topological polar surface area (TPSA) is 65.7 Å². The Balaban J connectivity index is 2.13. The molecular formula is C11H8Cl2N2O2S. The molecule has 0 saturated heterocycles. The maximum atomic E-state index is 11.1. The summed E-state index contributed by atoms with van der Waals surface area (Å²) in [7, 11) is 0. The van der Waals surface area contributed by atoms with Gasteiger partial charge in [0.1, 0.15) is 0 Å². The Hall–Kier alpha value is -1.17. The third kappa shape index (κ3) is 3.19. The van der Waals surface area contributed by atoms with Crippen LogP contribution in [0.4, 0.5) is 0 Å². The highest BCUT2D eigenvalue weighted by molar-refractivity contribution is 7.98. The summed E-state index contributed by atoms with van der Waals surface area (Å²) in [5, 5.41) is 1.13. The van der Waals surface area contributed by atoms with E-state index in [4.69, 9.17) is 23.2 Å². The first-order valence-electron chi connectivity index (χ1n) is 4.95. The summed E-state index contributed by atoms with van der Waals surface area (Å²) in [4.78, 5) is 27.7. The first kappa shape index (κ1) is 13.3. The third-order valence-electron chi connectivity index (χ3n) is 2.13. The summed E-state index contributed by atoms with van der Waals surface area (Å²) in [6.07, 6.45) is 1.47. The van der Waals surface area contributed by atoms with Crippen molar-refractivity contribution >= 4 is 35.0 Å². The minimum atomic E-state index is -0.659. The third-order valence-corrected chi connectivity index (χ3v) is 3.92. The van der Waals surface area contributed by atoms with Gasteiger partial charge in [-0.3, -0.25) is 9.59 Å². The Morgan fingerprint density at radius 1 is 1.17 bits per heavy atom. The average molecular weight is 303 g/mol. The van der Waals surface area contributed by atoms with E-state index in [1.165, 1.54) is 18.0 Å². The monoisotopic (exact) mass is 302 g/mol. The molecule has 2 rings (SSSR count). The molecule has 0 radical (unpaired) electrons. The summed E-state index contributed by atoms with van der Waals surface area (Å²) >= 11 is 13.2. The van der Waals surface area contributed by atoms with Crippen LogP contribution in [0.2, 0.25) is 10.0 Å². The molecule has 1 aromatic carbocycles. The maximum Gasteiger partial charge on any atom is 0.313 e. The number of aromatic nitrogens is 2. The van der Waals surface area contributed by atoms with Gasteiger partial charge in [-0.15, -0.1) is 11.8 Å². The molecule has 18 heavy (non-hydrogen) atoms. The molecule has 94 valence electrons. The van der Waals surface area contributed by atoms with Crippen LogP contribution in [0.5, 0.6) is 0 Å². The molecule has 2 aromatic rings. The smallest absolute Gasteiger partial charge is 0.313 e. The average Bonchev–Trinajstić information content (AvgIpc) is 2.32. The second kappa shape index (κ2) is 5.65. The lowest BCUT2D eigenvalue weighted by atomic mass is 10.4. The van der Waals surface area contributed by atoms with Crippen molar-refractivity contribution in [1.29, 1.82) is 0 Å². The number of benzene rings is 1. The largest absolute Gasteiger partial charge is 0.323 e. The van der Waals surface area contributed by atoms with Gasteiger partial charge in [0.2, 0.25) is 0 Å². The Kier molecular flexibility index (Phi) is 4.16. The zero-order valence-electron chi connectivity index (χ0n) is 9.00. The van der Waals surface area contributed by atoms with Gasteiger partial charge in [-0.05, 0) is 18.2 Å². The van der Waals surface area contributed by atoms with Crippen molar-refractivity contribution in [2.45, 2.75) is 10.6 Å². The van der Waals surface area contributed by atoms with Crippen molar-refractivity contribution in [3.63, 3.8) is 0 Å². The van der Waals surface area contributed by atoms with E-state index in [0.717, 1.165) is 4.90 Å². The van der Waals surface area contributed by atoms with Crippen LogP contribution in [0.25, 0.3) is 0 Å². The molecule has 0 saturated carbocycles. The van der Waals surface area contributed by atoms with Crippen LogP contribution in [-0.2, 0) is 5.75 Å². The Bertz CT molecular complexity index is 681. The summed E-state index contributed by atoms with van der Waals surface area (Å²) in [6.45, 7) is 0.